The van der Waals surface area contributed by atoms with Crippen LogP contribution < -0.4 is 0 Å². The van der Waals surface area contributed by atoms with Crippen molar-refractivity contribution in [2.45, 2.75) is 48.0 Å². The van der Waals surface area contributed by atoms with Gasteiger partial charge < -0.3 is 0 Å². The van der Waals surface area contributed by atoms with Crippen LogP contribution in [0.5, 0.6) is 0 Å². The van der Waals surface area contributed by atoms with Crippen molar-refractivity contribution in [1.29, 1.82) is 0 Å². The first-order chi connectivity index (χ1) is 7.17. The van der Waals surface area contributed by atoms with Crippen LogP contribution in [0.2, 0.25) is 0 Å². The Bertz CT molecular complexity index is 255. The molecule has 15 heavy (non-hydrogen) atoms. The second kappa shape index (κ2) is 11.0. The van der Waals surface area contributed by atoms with Gasteiger partial charge in [-0.3, -0.25) is 4.79 Å². The van der Waals surface area contributed by atoms with Gasteiger partial charge in [-0.15, -0.1) is 0 Å². The Morgan fingerprint density at radius 3 is 2.00 bits per heavy atom. The molecule has 0 saturated carbocycles. The number of carbonyl (C=O) groups is 1. The molecule has 0 atom stereocenters. The lowest BCUT2D eigenvalue weighted by Gasteiger charge is -2.04. The highest BCUT2D eigenvalue weighted by Gasteiger charge is 2.05. The van der Waals surface area contributed by atoms with Crippen LogP contribution >= 0.6 is 0 Å². The maximum Gasteiger partial charge on any atom is 0.159 e. The summed E-state index contributed by atoms with van der Waals surface area (Å²) in [5, 5.41) is 0. The Balaban J connectivity index is 0. The quantitative estimate of drug-likeness (QED) is 0.492. The molecule has 86 valence electrons. The molecular weight excluding hydrogens is 184 g/mol. The van der Waals surface area contributed by atoms with Crippen molar-refractivity contribution in [3.8, 4) is 0 Å². The normalized spacial score (nSPS) is 12.4. The summed E-state index contributed by atoms with van der Waals surface area (Å²) in [5.74, 6) is 0.139. The van der Waals surface area contributed by atoms with Crippen LogP contribution in [0.1, 0.15) is 48.0 Å². The van der Waals surface area contributed by atoms with E-state index in [9.17, 15) is 4.79 Å². The SMILES string of the molecule is CC.C\C=C/C=C(CC)\C(=C/C)C(C)=O. The van der Waals surface area contributed by atoms with Crippen LogP contribution in [0.4, 0.5) is 0 Å². The van der Waals surface area contributed by atoms with Gasteiger partial charge >= 0.3 is 0 Å². The lowest BCUT2D eigenvalue weighted by molar-refractivity contribution is -0.113. The van der Waals surface area contributed by atoms with Crippen molar-refractivity contribution in [2.24, 2.45) is 0 Å². The predicted octanol–water partition coefficient (Wildman–Crippen LogP) is 4.46. The number of allylic oxidation sites excluding steroid dienone is 6. The Labute approximate surface area is 94.6 Å². The Morgan fingerprint density at radius 1 is 1.20 bits per heavy atom. The van der Waals surface area contributed by atoms with E-state index in [1.807, 2.05) is 52.0 Å². The number of hydrogen-bond acceptors (Lipinski definition) is 1. The largest absolute Gasteiger partial charge is 0.295 e. The summed E-state index contributed by atoms with van der Waals surface area (Å²) in [5.41, 5.74) is 1.94. The standard InChI is InChI=1S/C12H18O.C2H6/c1-5-8-9-11(6-2)12(7-3)10(4)13;1-2/h5,7-9H,6H2,1-4H3;1-2H3/b8-5-,11-9-,12-7-;. The van der Waals surface area contributed by atoms with Gasteiger partial charge in [-0.25, -0.2) is 0 Å². The van der Waals surface area contributed by atoms with Crippen LogP contribution in [0.25, 0.3) is 0 Å². The van der Waals surface area contributed by atoms with Crippen LogP contribution in [0.15, 0.2) is 35.5 Å². The van der Waals surface area contributed by atoms with Crippen molar-refractivity contribution in [3.05, 3.63) is 35.5 Å². The molecule has 0 radical (unpaired) electrons. The van der Waals surface area contributed by atoms with Gasteiger partial charge in [0.15, 0.2) is 5.78 Å². The first-order valence-corrected chi connectivity index (χ1v) is 5.66. The smallest absolute Gasteiger partial charge is 0.159 e. The Hall–Kier alpha value is -1.11. The van der Waals surface area contributed by atoms with E-state index in [1.165, 1.54) is 0 Å². The fourth-order valence-corrected chi connectivity index (χ4v) is 1.23. The second-order valence-electron chi connectivity index (χ2n) is 2.83. The molecule has 0 N–H and O–H groups in total. The monoisotopic (exact) mass is 208 g/mol. The molecule has 0 aromatic carbocycles. The fraction of sp³-hybridized carbons (Fsp3) is 0.500. The van der Waals surface area contributed by atoms with Gasteiger partial charge in [0.1, 0.15) is 0 Å². The van der Waals surface area contributed by atoms with Crippen molar-refractivity contribution < 1.29 is 4.79 Å². The molecule has 1 heteroatoms. The molecule has 0 unspecified atom stereocenters. The van der Waals surface area contributed by atoms with Crippen molar-refractivity contribution in [2.75, 3.05) is 0 Å². The molecule has 0 aliphatic carbocycles. The van der Waals surface area contributed by atoms with Gasteiger partial charge in [0, 0.05) is 5.57 Å². The van der Waals surface area contributed by atoms with Crippen LogP contribution in [-0.4, -0.2) is 5.78 Å². The average molecular weight is 208 g/mol. The summed E-state index contributed by atoms with van der Waals surface area (Å²) in [6, 6.07) is 0. The summed E-state index contributed by atoms with van der Waals surface area (Å²) in [4.78, 5) is 11.2. The molecule has 0 amide bonds. The molecule has 0 aromatic heterocycles. The minimum absolute atomic E-state index is 0.139. The molecule has 0 heterocycles. The predicted molar refractivity (Wildman–Crippen MR) is 69.0 cm³/mol. The molecule has 1 nitrogen and oxygen atoms in total. The number of hydrogen-bond donors (Lipinski definition) is 0. The molecule has 0 fully saturated rings. The van der Waals surface area contributed by atoms with Crippen LogP contribution in [-0.2, 0) is 4.79 Å². The van der Waals surface area contributed by atoms with Gasteiger partial charge in [-0.05, 0) is 32.8 Å². The Morgan fingerprint density at radius 2 is 1.73 bits per heavy atom. The first kappa shape index (κ1) is 16.3. The third-order valence-corrected chi connectivity index (χ3v) is 1.88. The zero-order chi connectivity index (χ0) is 12.3. The van der Waals surface area contributed by atoms with E-state index in [-0.39, 0.29) is 5.78 Å². The Kier molecular flexibility index (Phi) is 11.9. The van der Waals surface area contributed by atoms with Crippen LogP contribution in [0.3, 0.4) is 0 Å². The summed E-state index contributed by atoms with van der Waals surface area (Å²) < 4.78 is 0. The van der Waals surface area contributed by atoms with Gasteiger partial charge in [0.05, 0.1) is 0 Å². The molecule has 0 saturated heterocycles. The highest BCUT2D eigenvalue weighted by Crippen LogP contribution is 2.14. The zero-order valence-electron chi connectivity index (χ0n) is 10.9. The van der Waals surface area contributed by atoms with E-state index < -0.39 is 0 Å². The van der Waals surface area contributed by atoms with Gasteiger partial charge in [0.25, 0.3) is 0 Å². The van der Waals surface area contributed by atoms with Gasteiger partial charge in [-0.1, -0.05) is 45.1 Å². The first-order valence-electron chi connectivity index (χ1n) is 5.66. The summed E-state index contributed by atoms with van der Waals surface area (Å²) in [6.07, 6.45) is 8.69. The minimum Gasteiger partial charge on any atom is -0.295 e. The van der Waals surface area contributed by atoms with Gasteiger partial charge in [0.2, 0.25) is 0 Å². The number of Topliss-reactive ketones (excluding diaryl/α,β-unsaturated/α-hetero) is 1. The fourth-order valence-electron chi connectivity index (χ4n) is 1.23. The lowest BCUT2D eigenvalue weighted by atomic mass is 10.00. The van der Waals surface area contributed by atoms with E-state index in [2.05, 4.69) is 6.92 Å². The molecule has 0 aliphatic heterocycles. The number of ketones is 1. The van der Waals surface area contributed by atoms with E-state index >= 15 is 0 Å². The maximum atomic E-state index is 11.2. The zero-order valence-corrected chi connectivity index (χ0v) is 10.9. The van der Waals surface area contributed by atoms with Crippen molar-refractivity contribution >= 4 is 5.78 Å². The average Bonchev–Trinajstić information content (AvgIpc) is 2.26. The summed E-state index contributed by atoms with van der Waals surface area (Å²) >= 11 is 0. The van der Waals surface area contributed by atoms with Gasteiger partial charge in [-0.2, -0.15) is 0 Å². The second-order valence-corrected chi connectivity index (χ2v) is 2.83. The van der Waals surface area contributed by atoms with Crippen molar-refractivity contribution in [3.63, 3.8) is 0 Å². The highest BCUT2D eigenvalue weighted by atomic mass is 16.1. The van der Waals surface area contributed by atoms with E-state index in [0.29, 0.717) is 0 Å². The van der Waals surface area contributed by atoms with Crippen LogP contribution in [0, 0.1) is 0 Å². The molecule has 0 aliphatic rings. The minimum atomic E-state index is 0.139. The third kappa shape index (κ3) is 6.89. The maximum absolute atomic E-state index is 11.2. The topological polar surface area (TPSA) is 17.1 Å². The molecule has 0 bridgehead atoms. The highest BCUT2D eigenvalue weighted by molar-refractivity contribution is 5.97. The van der Waals surface area contributed by atoms with E-state index in [4.69, 9.17) is 0 Å². The third-order valence-electron chi connectivity index (χ3n) is 1.88. The van der Waals surface area contributed by atoms with E-state index in [1.54, 1.807) is 6.92 Å². The molecular formula is C14H24O. The molecule has 0 rings (SSSR count). The van der Waals surface area contributed by atoms with E-state index in [0.717, 1.165) is 17.6 Å². The lowest BCUT2D eigenvalue weighted by Crippen LogP contribution is -1.99. The van der Waals surface area contributed by atoms with Crippen molar-refractivity contribution in [1.82, 2.24) is 0 Å². The number of rotatable bonds is 4. The molecule has 0 aromatic rings. The summed E-state index contributed by atoms with van der Waals surface area (Å²) in [6.45, 7) is 11.5. The molecule has 0 spiro atoms. The summed E-state index contributed by atoms with van der Waals surface area (Å²) in [7, 11) is 0. The number of carbonyl (C=O) groups excluding carboxylic acids is 1.